The van der Waals surface area contributed by atoms with Crippen molar-refractivity contribution in [2.24, 2.45) is 0 Å². The average Bonchev–Trinajstić information content (AvgIpc) is 2.77. The smallest absolute Gasteiger partial charge is 0.251 e. The summed E-state index contributed by atoms with van der Waals surface area (Å²) in [6, 6.07) is 5.23. The Morgan fingerprint density at radius 1 is 1.24 bits per heavy atom. The van der Waals surface area contributed by atoms with E-state index >= 15 is 0 Å². The van der Waals surface area contributed by atoms with Gasteiger partial charge in [0.15, 0.2) is 0 Å². The highest BCUT2D eigenvalue weighted by molar-refractivity contribution is 6.00. The second kappa shape index (κ2) is 7.22. The molecule has 1 fully saturated rings. The number of carbonyl (C=O) groups is 2. The number of amides is 2. The number of carbonyl (C=O) groups excluding carboxylic acids is 2. The molecule has 1 saturated heterocycles. The SMILES string of the molecule is CNC(=O)c1cccc(NC(=O)C2CCCCCN2)c1C. The van der Waals surface area contributed by atoms with Crippen LogP contribution < -0.4 is 16.0 Å². The predicted molar refractivity (Wildman–Crippen MR) is 83.5 cm³/mol. The first-order valence-electron chi connectivity index (χ1n) is 7.49. The Morgan fingerprint density at radius 3 is 2.81 bits per heavy atom. The standard InChI is InChI=1S/C16H23N3O2/c1-11-12(15(20)17-2)7-6-9-13(11)19-16(21)14-8-4-3-5-10-18-14/h6-7,9,14,18H,3-5,8,10H2,1-2H3,(H,17,20)(H,19,21). The van der Waals surface area contributed by atoms with Gasteiger partial charge >= 0.3 is 0 Å². The second-order valence-electron chi connectivity index (χ2n) is 5.40. The summed E-state index contributed by atoms with van der Waals surface area (Å²) in [4.78, 5) is 24.1. The molecule has 1 atom stereocenters. The minimum absolute atomic E-state index is 0.0194. The molecule has 1 unspecified atom stereocenters. The van der Waals surface area contributed by atoms with Gasteiger partial charge in [-0.25, -0.2) is 0 Å². The maximum Gasteiger partial charge on any atom is 0.251 e. The van der Waals surface area contributed by atoms with E-state index < -0.39 is 0 Å². The summed E-state index contributed by atoms with van der Waals surface area (Å²) in [6.45, 7) is 2.73. The van der Waals surface area contributed by atoms with Gasteiger partial charge in [0, 0.05) is 18.3 Å². The Bertz CT molecular complexity index is 520. The molecule has 114 valence electrons. The van der Waals surface area contributed by atoms with Crippen LogP contribution in [0, 0.1) is 6.92 Å². The highest BCUT2D eigenvalue weighted by Gasteiger charge is 2.20. The second-order valence-corrected chi connectivity index (χ2v) is 5.40. The zero-order valence-electron chi connectivity index (χ0n) is 12.7. The summed E-state index contributed by atoms with van der Waals surface area (Å²) >= 11 is 0. The van der Waals surface area contributed by atoms with Gasteiger partial charge in [0.25, 0.3) is 5.91 Å². The molecule has 0 aliphatic carbocycles. The van der Waals surface area contributed by atoms with Crippen LogP contribution in [-0.2, 0) is 4.79 Å². The molecule has 1 heterocycles. The normalized spacial score (nSPS) is 18.7. The lowest BCUT2D eigenvalue weighted by Crippen LogP contribution is -2.40. The zero-order valence-corrected chi connectivity index (χ0v) is 12.7. The van der Waals surface area contributed by atoms with Crippen molar-refractivity contribution in [3.05, 3.63) is 29.3 Å². The lowest BCUT2D eigenvalue weighted by molar-refractivity contribution is -0.118. The molecule has 1 aromatic rings. The van der Waals surface area contributed by atoms with E-state index in [0.29, 0.717) is 11.3 Å². The molecule has 1 aliphatic heterocycles. The molecule has 3 N–H and O–H groups in total. The topological polar surface area (TPSA) is 70.2 Å². The van der Waals surface area contributed by atoms with E-state index in [0.717, 1.165) is 31.4 Å². The third-order valence-corrected chi connectivity index (χ3v) is 3.94. The molecule has 1 aromatic carbocycles. The molecular weight excluding hydrogens is 266 g/mol. The Balaban J connectivity index is 2.11. The first-order valence-corrected chi connectivity index (χ1v) is 7.49. The van der Waals surface area contributed by atoms with E-state index in [4.69, 9.17) is 0 Å². The maximum atomic E-state index is 12.3. The third kappa shape index (κ3) is 3.82. The van der Waals surface area contributed by atoms with Gasteiger partial charge in [-0.15, -0.1) is 0 Å². The first kappa shape index (κ1) is 15.5. The van der Waals surface area contributed by atoms with Crippen LogP contribution in [0.2, 0.25) is 0 Å². The Morgan fingerprint density at radius 2 is 2.05 bits per heavy atom. The van der Waals surface area contributed by atoms with Crippen LogP contribution >= 0.6 is 0 Å². The number of nitrogens with one attached hydrogen (secondary N) is 3. The molecule has 0 bridgehead atoms. The first-order chi connectivity index (χ1) is 10.1. The van der Waals surface area contributed by atoms with Crippen molar-refractivity contribution in [1.29, 1.82) is 0 Å². The Hall–Kier alpha value is -1.88. The van der Waals surface area contributed by atoms with Gasteiger partial charge < -0.3 is 16.0 Å². The minimum Gasteiger partial charge on any atom is -0.355 e. The van der Waals surface area contributed by atoms with Crippen molar-refractivity contribution in [1.82, 2.24) is 10.6 Å². The van der Waals surface area contributed by atoms with Crippen LogP contribution in [0.3, 0.4) is 0 Å². The average molecular weight is 289 g/mol. The number of rotatable bonds is 3. The van der Waals surface area contributed by atoms with Gasteiger partial charge in [-0.1, -0.05) is 18.9 Å². The van der Waals surface area contributed by atoms with Crippen LogP contribution in [0.5, 0.6) is 0 Å². The molecular formula is C16H23N3O2. The largest absolute Gasteiger partial charge is 0.355 e. The van der Waals surface area contributed by atoms with Gasteiger partial charge in [0.1, 0.15) is 0 Å². The molecule has 5 nitrogen and oxygen atoms in total. The number of hydrogen-bond donors (Lipinski definition) is 3. The van der Waals surface area contributed by atoms with E-state index in [1.807, 2.05) is 13.0 Å². The van der Waals surface area contributed by atoms with Gasteiger partial charge in [-0.3, -0.25) is 9.59 Å². The van der Waals surface area contributed by atoms with Crippen LogP contribution in [0.15, 0.2) is 18.2 Å². The van der Waals surface area contributed by atoms with Crippen molar-refractivity contribution in [3.63, 3.8) is 0 Å². The predicted octanol–water partition coefficient (Wildman–Crippen LogP) is 1.83. The van der Waals surface area contributed by atoms with E-state index in [9.17, 15) is 9.59 Å². The molecule has 1 aliphatic rings. The Labute approximate surface area is 125 Å². The lowest BCUT2D eigenvalue weighted by atomic mass is 10.1. The van der Waals surface area contributed by atoms with Crippen LogP contribution in [0.1, 0.15) is 41.6 Å². The van der Waals surface area contributed by atoms with E-state index in [1.165, 1.54) is 6.42 Å². The van der Waals surface area contributed by atoms with Crippen LogP contribution in [0.4, 0.5) is 5.69 Å². The van der Waals surface area contributed by atoms with E-state index in [-0.39, 0.29) is 17.9 Å². The quantitative estimate of drug-likeness (QED) is 0.795. The number of benzene rings is 1. The van der Waals surface area contributed by atoms with Crippen LogP contribution in [-0.4, -0.2) is 31.4 Å². The summed E-state index contributed by atoms with van der Waals surface area (Å²) in [5.74, 6) is -0.162. The maximum absolute atomic E-state index is 12.3. The summed E-state index contributed by atoms with van der Waals surface area (Å²) in [5, 5.41) is 8.83. The van der Waals surface area contributed by atoms with Crippen LogP contribution in [0.25, 0.3) is 0 Å². The van der Waals surface area contributed by atoms with Gasteiger partial charge in [-0.2, -0.15) is 0 Å². The fourth-order valence-corrected chi connectivity index (χ4v) is 2.62. The number of anilines is 1. The highest BCUT2D eigenvalue weighted by atomic mass is 16.2. The van der Waals surface area contributed by atoms with Crippen molar-refractivity contribution >= 4 is 17.5 Å². The van der Waals surface area contributed by atoms with Crippen molar-refractivity contribution in [2.45, 2.75) is 38.6 Å². The van der Waals surface area contributed by atoms with E-state index in [1.54, 1.807) is 19.2 Å². The number of hydrogen-bond acceptors (Lipinski definition) is 3. The lowest BCUT2D eigenvalue weighted by Gasteiger charge is -2.17. The zero-order chi connectivity index (χ0) is 15.2. The van der Waals surface area contributed by atoms with Gasteiger partial charge in [0.05, 0.1) is 6.04 Å². The molecule has 21 heavy (non-hydrogen) atoms. The van der Waals surface area contributed by atoms with Gasteiger partial charge in [-0.05, 0) is 44.0 Å². The summed E-state index contributed by atoms with van der Waals surface area (Å²) < 4.78 is 0. The fraction of sp³-hybridized carbons (Fsp3) is 0.500. The minimum atomic E-state index is -0.143. The molecule has 0 saturated carbocycles. The Kier molecular flexibility index (Phi) is 5.33. The van der Waals surface area contributed by atoms with Gasteiger partial charge in [0.2, 0.25) is 5.91 Å². The molecule has 0 radical (unpaired) electrons. The van der Waals surface area contributed by atoms with E-state index in [2.05, 4.69) is 16.0 Å². The summed E-state index contributed by atoms with van der Waals surface area (Å²) in [6.07, 6.45) is 4.22. The fourth-order valence-electron chi connectivity index (χ4n) is 2.62. The molecule has 0 spiro atoms. The molecule has 0 aromatic heterocycles. The molecule has 2 rings (SSSR count). The van der Waals surface area contributed by atoms with Crippen molar-refractivity contribution in [2.75, 3.05) is 18.9 Å². The van der Waals surface area contributed by atoms with Crippen molar-refractivity contribution < 1.29 is 9.59 Å². The summed E-state index contributed by atoms with van der Waals surface area (Å²) in [5.41, 5.74) is 2.08. The highest BCUT2D eigenvalue weighted by Crippen LogP contribution is 2.20. The molecule has 2 amide bonds. The molecule has 5 heteroatoms. The summed E-state index contributed by atoms with van der Waals surface area (Å²) in [7, 11) is 1.60. The van der Waals surface area contributed by atoms with Crippen molar-refractivity contribution in [3.8, 4) is 0 Å². The monoisotopic (exact) mass is 289 g/mol. The third-order valence-electron chi connectivity index (χ3n) is 3.94.